The van der Waals surface area contributed by atoms with Gasteiger partial charge in [-0.15, -0.1) is 0 Å². The lowest BCUT2D eigenvalue weighted by Gasteiger charge is -2.35. The van der Waals surface area contributed by atoms with E-state index >= 15 is 4.39 Å². The lowest BCUT2D eigenvalue weighted by molar-refractivity contribution is -0.144. The van der Waals surface area contributed by atoms with Crippen molar-refractivity contribution < 1.29 is 14.3 Å². The molecule has 1 aromatic heterocycles. The Morgan fingerprint density at radius 2 is 2.00 bits per heavy atom. The van der Waals surface area contributed by atoms with E-state index in [4.69, 9.17) is 11.6 Å². The summed E-state index contributed by atoms with van der Waals surface area (Å²) in [7, 11) is 0. The molecule has 1 unspecified atom stereocenters. The van der Waals surface area contributed by atoms with Crippen molar-refractivity contribution in [1.82, 2.24) is 9.97 Å². The number of hydrogen-bond donors (Lipinski definition) is 1. The molecule has 0 saturated heterocycles. The fraction of sp³-hybridized carbons (Fsp3) is 0.316. The van der Waals surface area contributed by atoms with E-state index < -0.39 is 23.5 Å². The third kappa shape index (κ3) is 3.97. The molecule has 4 nitrogen and oxygen atoms in total. The standard InChI is InChI=1S/C19H16ClFN2O2/c20-17-16(22-10-11-23-17)7-9-19(21)8-6-14(18(24)25)15(12-19)13-4-2-1-3-5-13/h1-5,10-11,14-15H,6,8,12H2,(H,24,25)/t14-,15+,19?/m1/s1. The molecule has 1 fully saturated rings. The van der Waals surface area contributed by atoms with Crippen molar-refractivity contribution in [1.29, 1.82) is 0 Å². The Kier molecular flexibility index (Phi) is 5.00. The average Bonchev–Trinajstić information content (AvgIpc) is 2.61. The average molecular weight is 359 g/mol. The van der Waals surface area contributed by atoms with Crippen LogP contribution in [0.2, 0.25) is 5.15 Å². The lowest BCUT2D eigenvalue weighted by atomic mass is 9.70. The van der Waals surface area contributed by atoms with Crippen LogP contribution in [0.4, 0.5) is 4.39 Å². The number of halogens is 2. The van der Waals surface area contributed by atoms with Gasteiger partial charge in [0.1, 0.15) is 0 Å². The second kappa shape index (κ2) is 7.20. The van der Waals surface area contributed by atoms with Crippen LogP contribution in [0.25, 0.3) is 0 Å². The molecule has 1 aliphatic rings. The second-order valence-corrected chi connectivity index (χ2v) is 6.47. The number of hydrogen-bond acceptors (Lipinski definition) is 3. The molecule has 2 aromatic rings. The van der Waals surface area contributed by atoms with Crippen molar-refractivity contribution in [3.05, 3.63) is 59.1 Å². The first-order valence-corrected chi connectivity index (χ1v) is 8.33. The zero-order valence-electron chi connectivity index (χ0n) is 13.3. The van der Waals surface area contributed by atoms with E-state index in [9.17, 15) is 9.90 Å². The van der Waals surface area contributed by atoms with E-state index in [0.29, 0.717) is 0 Å². The topological polar surface area (TPSA) is 63.1 Å². The largest absolute Gasteiger partial charge is 0.481 e. The molecule has 3 atom stereocenters. The highest BCUT2D eigenvalue weighted by Crippen LogP contribution is 2.44. The van der Waals surface area contributed by atoms with Gasteiger partial charge in [-0.3, -0.25) is 4.79 Å². The Bertz CT molecular complexity index is 834. The molecule has 0 spiro atoms. The summed E-state index contributed by atoms with van der Waals surface area (Å²) in [4.78, 5) is 19.4. The Hall–Kier alpha value is -2.45. The number of alkyl halides is 1. The van der Waals surface area contributed by atoms with Crippen LogP contribution in [0.1, 0.15) is 36.4 Å². The summed E-state index contributed by atoms with van der Waals surface area (Å²) >= 11 is 5.90. The van der Waals surface area contributed by atoms with Gasteiger partial charge in [-0.05, 0) is 24.3 Å². The van der Waals surface area contributed by atoms with Crippen LogP contribution in [-0.4, -0.2) is 26.7 Å². The number of rotatable bonds is 2. The summed E-state index contributed by atoms with van der Waals surface area (Å²) in [6.07, 6.45) is 3.20. The van der Waals surface area contributed by atoms with Gasteiger partial charge in [0, 0.05) is 24.7 Å². The summed E-state index contributed by atoms with van der Waals surface area (Å²) in [5.74, 6) is 3.33. The maximum absolute atomic E-state index is 15.3. The first kappa shape index (κ1) is 17.4. The Morgan fingerprint density at radius 3 is 2.68 bits per heavy atom. The summed E-state index contributed by atoms with van der Waals surface area (Å²) in [5, 5.41) is 9.61. The predicted molar refractivity (Wildman–Crippen MR) is 91.9 cm³/mol. The maximum Gasteiger partial charge on any atom is 0.307 e. The fourth-order valence-electron chi connectivity index (χ4n) is 3.21. The summed E-state index contributed by atoms with van der Waals surface area (Å²) < 4.78 is 15.3. The number of nitrogens with zero attached hydrogens (tertiary/aromatic N) is 2. The molecule has 25 heavy (non-hydrogen) atoms. The SMILES string of the molecule is O=C(O)[C@@H]1CCC(F)(C#Cc2nccnc2Cl)C[C@H]1c1ccccc1. The van der Waals surface area contributed by atoms with Crippen molar-refractivity contribution in [2.24, 2.45) is 5.92 Å². The summed E-state index contributed by atoms with van der Waals surface area (Å²) in [6, 6.07) is 9.17. The Balaban J connectivity index is 1.89. The molecule has 1 N–H and O–H groups in total. The van der Waals surface area contributed by atoms with Crippen molar-refractivity contribution in [3.63, 3.8) is 0 Å². The molecule has 1 aliphatic carbocycles. The van der Waals surface area contributed by atoms with E-state index in [1.54, 1.807) is 0 Å². The fourth-order valence-corrected chi connectivity index (χ4v) is 3.37. The molecule has 0 radical (unpaired) electrons. The number of aliphatic carboxylic acids is 1. The molecular weight excluding hydrogens is 343 g/mol. The van der Waals surface area contributed by atoms with Gasteiger partial charge in [0.2, 0.25) is 0 Å². The first-order chi connectivity index (χ1) is 12.0. The van der Waals surface area contributed by atoms with Gasteiger partial charge in [0.15, 0.2) is 16.5 Å². The minimum absolute atomic E-state index is 0.0266. The minimum Gasteiger partial charge on any atom is -0.481 e. The van der Waals surface area contributed by atoms with Crippen LogP contribution in [0.5, 0.6) is 0 Å². The van der Waals surface area contributed by atoms with E-state index in [-0.39, 0.29) is 30.1 Å². The van der Waals surface area contributed by atoms with Crippen molar-refractivity contribution in [2.75, 3.05) is 0 Å². The molecule has 3 rings (SSSR count). The molecule has 0 bridgehead atoms. The van der Waals surface area contributed by atoms with Gasteiger partial charge in [0.05, 0.1) is 5.92 Å². The minimum atomic E-state index is -1.78. The van der Waals surface area contributed by atoms with Crippen molar-refractivity contribution in [2.45, 2.75) is 30.8 Å². The Morgan fingerprint density at radius 1 is 1.28 bits per heavy atom. The van der Waals surface area contributed by atoms with E-state index in [1.165, 1.54) is 12.4 Å². The molecule has 1 aromatic carbocycles. The number of carbonyl (C=O) groups is 1. The highest BCUT2D eigenvalue weighted by molar-refractivity contribution is 6.30. The molecule has 1 saturated carbocycles. The number of aromatic nitrogens is 2. The van der Waals surface area contributed by atoms with Gasteiger partial charge < -0.3 is 5.11 Å². The van der Waals surface area contributed by atoms with Crippen molar-refractivity contribution >= 4 is 17.6 Å². The molecule has 0 amide bonds. The van der Waals surface area contributed by atoms with Crippen molar-refractivity contribution in [3.8, 4) is 11.8 Å². The van der Waals surface area contributed by atoms with Crippen LogP contribution in [0.15, 0.2) is 42.7 Å². The van der Waals surface area contributed by atoms with E-state index in [0.717, 1.165) is 5.56 Å². The number of benzene rings is 1. The van der Waals surface area contributed by atoms with Gasteiger partial charge in [-0.25, -0.2) is 14.4 Å². The van der Waals surface area contributed by atoms with Gasteiger partial charge in [-0.2, -0.15) is 0 Å². The highest BCUT2D eigenvalue weighted by atomic mass is 35.5. The van der Waals surface area contributed by atoms with E-state index in [1.807, 2.05) is 30.3 Å². The predicted octanol–water partition coefficient (Wildman–Crippen LogP) is 3.86. The third-order valence-corrected chi connectivity index (χ3v) is 4.76. The molecule has 0 aliphatic heterocycles. The number of carboxylic acids is 1. The molecule has 1 heterocycles. The first-order valence-electron chi connectivity index (χ1n) is 7.95. The van der Waals surface area contributed by atoms with Gasteiger partial charge >= 0.3 is 5.97 Å². The quantitative estimate of drug-likeness (QED) is 0.828. The van der Waals surface area contributed by atoms with Crippen LogP contribution in [0.3, 0.4) is 0 Å². The highest BCUT2D eigenvalue weighted by Gasteiger charge is 2.43. The molecule has 6 heteroatoms. The normalized spacial score (nSPS) is 25.7. The van der Waals surface area contributed by atoms with Crippen LogP contribution in [-0.2, 0) is 4.79 Å². The smallest absolute Gasteiger partial charge is 0.307 e. The summed E-state index contributed by atoms with van der Waals surface area (Å²) in [6.45, 7) is 0. The second-order valence-electron chi connectivity index (χ2n) is 6.12. The monoisotopic (exact) mass is 358 g/mol. The van der Waals surface area contributed by atoms with Crippen LogP contribution < -0.4 is 0 Å². The van der Waals surface area contributed by atoms with Gasteiger partial charge in [0.25, 0.3) is 0 Å². The molecule has 128 valence electrons. The van der Waals surface area contributed by atoms with Crippen LogP contribution in [0, 0.1) is 17.8 Å². The zero-order chi connectivity index (χ0) is 17.9. The maximum atomic E-state index is 15.3. The van der Waals surface area contributed by atoms with Crippen LogP contribution >= 0.6 is 11.6 Å². The number of carboxylic acid groups (broad SMARTS) is 1. The molecular formula is C19H16ClFN2O2. The summed E-state index contributed by atoms with van der Waals surface area (Å²) in [5.41, 5.74) is -0.749. The zero-order valence-corrected chi connectivity index (χ0v) is 14.1. The Labute approximate surface area is 150 Å². The third-order valence-electron chi connectivity index (χ3n) is 4.48. The van der Waals surface area contributed by atoms with E-state index in [2.05, 4.69) is 21.8 Å². The van der Waals surface area contributed by atoms with Gasteiger partial charge in [-0.1, -0.05) is 47.9 Å². The lowest BCUT2D eigenvalue weighted by Crippen LogP contribution is -2.37.